The van der Waals surface area contributed by atoms with Gasteiger partial charge in [-0.3, -0.25) is 4.79 Å². The summed E-state index contributed by atoms with van der Waals surface area (Å²) in [4.78, 5) is 11.7. The Morgan fingerprint density at radius 3 is 2.29 bits per heavy atom. The van der Waals surface area contributed by atoms with Crippen LogP contribution in [0.15, 0.2) is 24.3 Å². The van der Waals surface area contributed by atoms with E-state index in [4.69, 9.17) is 0 Å². The third-order valence-corrected chi connectivity index (χ3v) is 3.29. The van der Waals surface area contributed by atoms with Crippen LogP contribution in [-0.4, -0.2) is 12.5 Å². The lowest BCUT2D eigenvalue weighted by atomic mass is 9.83. The van der Waals surface area contributed by atoms with Gasteiger partial charge in [-0.25, -0.2) is 0 Å². The molecule has 1 aromatic rings. The van der Waals surface area contributed by atoms with Crippen molar-refractivity contribution in [2.45, 2.75) is 45.7 Å². The van der Waals surface area contributed by atoms with Gasteiger partial charge in [0, 0.05) is 18.4 Å². The molecule has 1 amide bonds. The van der Waals surface area contributed by atoms with Crippen molar-refractivity contribution in [2.75, 3.05) is 6.54 Å². The zero-order valence-corrected chi connectivity index (χ0v) is 12.8. The molecular formula is C16H22F3NO. The quantitative estimate of drug-likeness (QED) is 0.870. The van der Waals surface area contributed by atoms with Gasteiger partial charge >= 0.3 is 6.18 Å². The monoisotopic (exact) mass is 301 g/mol. The first-order chi connectivity index (χ1) is 9.52. The number of rotatable bonds is 5. The third-order valence-electron chi connectivity index (χ3n) is 3.29. The van der Waals surface area contributed by atoms with Gasteiger partial charge in [0.1, 0.15) is 0 Å². The minimum Gasteiger partial charge on any atom is -0.355 e. The van der Waals surface area contributed by atoms with E-state index < -0.39 is 17.2 Å². The molecular weight excluding hydrogens is 279 g/mol. The maximum Gasteiger partial charge on any atom is 0.416 e. The third kappa shape index (κ3) is 5.40. The smallest absolute Gasteiger partial charge is 0.355 e. The van der Waals surface area contributed by atoms with Gasteiger partial charge in [0.15, 0.2) is 0 Å². The highest BCUT2D eigenvalue weighted by Crippen LogP contribution is 2.32. The van der Waals surface area contributed by atoms with Gasteiger partial charge in [-0.15, -0.1) is 0 Å². The number of hydrogen-bond donors (Lipinski definition) is 1. The van der Waals surface area contributed by atoms with Crippen LogP contribution in [0.3, 0.4) is 0 Å². The maximum absolute atomic E-state index is 12.7. The normalized spacial score (nSPS) is 12.6. The lowest BCUT2D eigenvalue weighted by Gasteiger charge is -2.26. The minimum absolute atomic E-state index is 0.0787. The Balaban J connectivity index is 2.81. The second-order valence-electron chi connectivity index (χ2n) is 6.34. The van der Waals surface area contributed by atoms with Crippen molar-refractivity contribution in [1.82, 2.24) is 5.32 Å². The number of benzene rings is 1. The van der Waals surface area contributed by atoms with Crippen molar-refractivity contribution in [1.29, 1.82) is 0 Å². The van der Waals surface area contributed by atoms with E-state index in [1.807, 2.05) is 27.7 Å². The van der Waals surface area contributed by atoms with Gasteiger partial charge in [0.2, 0.25) is 5.91 Å². The van der Waals surface area contributed by atoms with Crippen molar-refractivity contribution in [3.05, 3.63) is 35.4 Å². The number of amides is 1. The van der Waals surface area contributed by atoms with Crippen LogP contribution in [0, 0.1) is 5.92 Å². The van der Waals surface area contributed by atoms with Crippen LogP contribution >= 0.6 is 0 Å². The Morgan fingerprint density at radius 1 is 1.19 bits per heavy atom. The Bertz CT molecular complexity index is 493. The highest BCUT2D eigenvalue weighted by molar-refractivity contribution is 5.76. The Kier molecular flexibility index (Phi) is 5.42. The van der Waals surface area contributed by atoms with Gasteiger partial charge in [-0.05, 0) is 17.5 Å². The van der Waals surface area contributed by atoms with E-state index in [2.05, 4.69) is 5.32 Å². The molecule has 1 rings (SSSR count). The fourth-order valence-electron chi connectivity index (χ4n) is 1.98. The zero-order valence-electron chi connectivity index (χ0n) is 12.8. The van der Waals surface area contributed by atoms with E-state index in [9.17, 15) is 18.0 Å². The van der Waals surface area contributed by atoms with E-state index in [1.54, 1.807) is 6.07 Å². The molecule has 0 unspecified atom stereocenters. The summed E-state index contributed by atoms with van der Waals surface area (Å²) in [5.74, 6) is 0.173. The number of halogens is 3. The predicted octanol–water partition coefficient (Wildman–Crippen LogP) is 4.15. The number of alkyl halides is 3. The fourth-order valence-corrected chi connectivity index (χ4v) is 1.98. The summed E-state index contributed by atoms with van der Waals surface area (Å²) in [6.07, 6.45) is -3.94. The predicted molar refractivity (Wildman–Crippen MR) is 76.9 cm³/mol. The molecule has 0 aliphatic carbocycles. The van der Waals surface area contributed by atoms with Crippen molar-refractivity contribution in [3.8, 4) is 0 Å². The fraction of sp³-hybridized carbons (Fsp3) is 0.562. The molecule has 0 saturated carbocycles. The molecule has 0 aromatic heterocycles. The van der Waals surface area contributed by atoms with Gasteiger partial charge in [0.05, 0.1) is 5.56 Å². The second-order valence-corrected chi connectivity index (χ2v) is 6.34. The van der Waals surface area contributed by atoms with Crippen molar-refractivity contribution >= 4 is 5.91 Å². The summed E-state index contributed by atoms with van der Waals surface area (Å²) in [7, 11) is 0. The molecule has 1 aromatic carbocycles. The largest absolute Gasteiger partial charge is 0.416 e. The number of carbonyl (C=O) groups excluding carboxylic acids is 1. The SMILES string of the molecule is CC(C)CC(=O)NCC(C)(C)c1cccc(C(F)(F)F)c1. The Labute approximate surface area is 123 Å². The summed E-state index contributed by atoms with van der Waals surface area (Å²) in [6, 6.07) is 5.26. The number of carbonyl (C=O) groups is 1. The maximum atomic E-state index is 12.7. The molecule has 0 saturated heterocycles. The van der Waals surface area contributed by atoms with Crippen LogP contribution in [0.2, 0.25) is 0 Å². The van der Waals surface area contributed by atoms with Gasteiger partial charge in [-0.2, -0.15) is 13.2 Å². The topological polar surface area (TPSA) is 29.1 Å². The van der Waals surface area contributed by atoms with Crippen LogP contribution < -0.4 is 5.32 Å². The Hall–Kier alpha value is -1.52. The molecule has 1 N–H and O–H groups in total. The van der Waals surface area contributed by atoms with E-state index in [1.165, 1.54) is 6.07 Å². The number of hydrogen-bond acceptors (Lipinski definition) is 1. The average Bonchev–Trinajstić information content (AvgIpc) is 2.35. The molecule has 0 heterocycles. The van der Waals surface area contributed by atoms with Crippen LogP contribution in [0.1, 0.15) is 45.2 Å². The molecule has 0 atom stereocenters. The standard InChI is InChI=1S/C16H22F3NO/c1-11(2)8-14(21)20-10-15(3,4)12-6-5-7-13(9-12)16(17,18)19/h5-7,9,11H,8,10H2,1-4H3,(H,20,21). The summed E-state index contributed by atoms with van der Waals surface area (Å²) < 4.78 is 38.2. The zero-order chi connectivity index (χ0) is 16.3. The molecule has 2 nitrogen and oxygen atoms in total. The van der Waals surface area contributed by atoms with Crippen molar-refractivity contribution < 1.29 is 18.0 Å². The lowest BCUT2D eigenvalue weighted by Crippen LogP contribution is -2.37. The van der Waals surface area contributed by atoms with Crippen LogP contribution in [-0.2, 0) is 16.4 Å². The lowest BCUT2D eigenvalue weighted by molar-refractivity contribution is -0.137. The van der Waals surface area contributed by atoms with Crippen LogP contribution in [0.5, 0.6) is 0 Å². The first-order valence-corrected chi connectivity index (χ1v) is 6.97. The summed E-state index contributed by atoms with van der Waals surface area (Å²) >= 11 is 0. The molecule has 21 heavy (non-hydrogen) atoms. The van der Waals surface area contributed by atoms with Crippen LogP contribution in [0.4, 0.5) is 13.2 Å². The molecule has 0 radical (unpaired) electrons. The van der Waals surface area contributed by atoms with E-state index >= 15 is 0 Å². The van der Waals surface area contributed by atoms with Crippen LogP contribution in [0.25, 0.3) is 0 Å². The average molecular weight is 301 g/mol. The van der Waals surface area contributed by atoms with Gasteiger partial charge in [0.25, 0.3) is 0 Å². The molecule has 118 valence electrons. The van der Waals surface area contributed by atoms with Gasteiger partial charge in [-0.1, -0.05) is 45.9 Å². The molecule has 5 heteroatoms. The summed E-state index contributed by atoms with van der Waals surface area (Å²) in [5, 5.41) is 2.79. The summed E-state index contributed by atoms with van der Waals surface area (Å²) in [6.45, 7) is 7.82. The van der Waals surface area contributed by atoms with Crippen molar-refractivity contribution in [3.63, 3.8) is 0 Å². The molecule has 0 aliphatic heterocycles. The second kappa shape index (κ2) is 6.50. The summed E-state index contributed by atoms with van der Waals surface area (Å²) in [5.41, 5.74) is -0.669. The molecule has 0 aliphatic rings. The molecule has 0 bridgehead atoms. The first-order valence-electron chi connectivity index (χ1n) is 6.97. The molecule has 0 fully saturated rings. The molecule has 0 spiro atoms. The highest BCUT2D eigenvalue weighted by atomic mass is 19.4. The van der Waals surface area contributed by atoms with E-state index in [0.29, 0.717) is 18.5 Å². The van der Waals surface area contributed by atoms with E-state index in [0.717, 1.165) is 12.1 Å². The minimum atomic E-state index is -4.35. The van der Waals surface area contributed by atoms with Crippen molar-refractivity contribution in [2.24, 2.45) is 5.92 Å². The van der Waals surface area contributed by atoms with Gasteiger partial charge < -0.3 is 5.32 Å². The first kappa shape index (κ1) is 17.5. The number of nitrogens with one attached hydrogen (secondary N) is 1. The Morgan fingerprint density at radius 2 is 1.76 bits per heavy atom. The highest BCUT2D eigenvalue weighted by Gasteiger charge is 2.32. The van der Waals surface area contributed by atoms with E-state index in [-0.39, 0.29) is 11.8 Å².